The van der Waals surface area contributed by atoms with E-state index >= 15 is 0 Å². The third kappa shape index (κ3) is 5.61. The monoisotopic (exact) mass is 340 g/mol. The minimum absolute atomic E-state index is 0.0268. The summed E-state index contributed by atoms with van der Waals surface area (Å²) in [6, 6.07) is 16.8. The molecule has 0 radical (unpaired) electrons. The molecule has 0 heterocycles. The molecule has 136 valence electrons. The van der Waals surface area contributed by atoms with Gasteiger partial charge in [0, 0.05) is 6.61 Å². The molecule has 0 unspecified atom stereocenters. The summed E-state index contributed by atoms with van der Waals surface area (Å²) < 4.78 is 6.20. The van der Waals surface area contributed by atoms with Gasteiger partial charge in [-0.05, 0) is 46.4 Å². The zero-order valence-electron chi connectivity index (χ0n) is 16.3. The van der Waals surface area contributed by atoms with E-state index in [2.05, 4.69) is 65.0 Å². The van der Waals surface area contributed by atoms with Crippen molar-refractivity contribution >= 4 is 0 Å². The van der Waals surface area contributed by atoms with Gasteiger partial charge in [0.2, 0.25) is 0 Å². The van der Waals surface area contributed by atoms with Crippen molar-refractivity contribution in [2.75, 3.05) is 6.61 Å². The van der Waals surface area contributed by atoms with E-state index in [9.17, 15) is 5.11 Å². The molecule has 0 aromatic heterocycles. The van der Waals surface area contributed by atoms with Crippen LogP contribution in [0.25, 0.3) is 0 Å². The fourth-order valence-corrected chi connectivity index (χ4v) is 2.98. The number of aliphatic hydroxyl groups is 1. The van der Waals surface area contributed by atoms with E-state index in [4.69, 9.17) is 4.74 Å². The molecular weight excluding hydrogens is 308 g/mol. The molecule has 1 N–H and O–H groups in total. The maximum absolute atomic E-state index is 9.63. The average Bonchev–Trinajstić information content (AvgIpc) is 2.57. The van der Waals surface area contributed by atoms with Crippen molar-refractivity contribution in [2.45, 2.75) is 53.1 Å². The van der Waals surface area contributed by atoms with Gasteiger partial charge in [0.25, 0.3) is 0 Å². The Hall–Kier alpha value is -1.80. The minimum atomic E-state index is 0.0268. The lowest BCUT2D eigenvalue weighted by Crippen LogP contribution is -2.17. The van der Waals surface area contributed by atoms with Crippen LogP contribution < -0.4 is 4.74 Å². The van der Waals surface area contributed by atoms with Gasteiger partial charge in [-0.15, -0.1) is 0 Å². The number of ether oxygens (including phenoxy) is 1. The molecule has 0 bridgehead atoms. The van der Waals surface area contributed by atoms with Gasteiger partial charge in [-0.25, -0.2) is 0 Å². The molecule has 0 amide bonds. The molecule has 0 spiro atoms. The summed E-state index contributed by atoms with van der Waals surface area (Å²) in [5.41, 5.74) is 3.64. The zero-order chi connectivity index (χ0) is 18.4. The number of rotatable bonds is 7. The lowest BCUT2D eigenvalue weighted by molar-refractivity contribution is 0.189. The summed E-state index contributed by atoms with van der Waals surface area (Å²) in [5.74, 6) is 1.69. The van der Waals surface area contributed by atoms with Crippen LogP contribution in [0.5, 0.6) is 5.75 Å². The zero-order valence-corrected chi connectivity index (χ0v) is 16.3. The van der Waals surface area contributed by atoms with E-state index < -0.39 is 0 Å². The number of hydrogen-bond donors (Lipinski definition) is 1. The van der Waals surface area contributed by atoms with Gasteiger partial charge in [0.1, 0.15) is 12.4 Å². The molecule has 2 heteroatoms. The first kappa shape index (κ1) is 19.5. The Balaban J connectivity index is 2.25. The Morgan fingerprint density at radius 1 is 0.960 bits per heavy atom. The van der Waals surface area contributed by atoms with Crippen molar-refractivity contribution in [2.24, 2.45) is 11.8 Å². The van der Waals surface area contributed by atoms with Crippen molar-refractivity contribution in [3.05, 3.63) is 65.2 Å². The molecular formula is C23H32O2. The molecule has 0 saturated carbocycles. The molecule has 2 aromatic carbocycles. The van der Waals surface area contributed by atoms with E-state index in [1.54, 1.807) is 0 Å². The maximum atomic E-state index is 9.63. The molecule has 1 atom stereocenters. The predicted octanol–water partition coefficient (Wildman–Crippen LogP) is 5.37. The molecule has 2 rings (SSSR count). The molecule has 0 saturated heterocycles. The van der Waals surface area contributed by atoms with Crippen LogP contribution in [-0.2, 0) is 18.4 Å². The second-order valence-corrected chi connectivity index (χ2v) is 8.25. The topological polar surface area (TPSA) is 29.5 Å². The third-order valence-corrected chi connectivity index (χ3v) is 4.77. The first-order valence-corrected chi connectivity index (χ1v) is 9.22. The van der Waals surface area contributed by atoms with Crippen molar-refractivity contribution in [1.29, 1.82) is 0 Å². The highest BCUT2D eigenvalue weighted by Gasteiger charge is 2.21. The van der Waals surface area contributed by atoms with E-state index in [1.165, 1.54) is 16.7 Å². The van der Waals surface area contributed by atoms with Gasteiger partial charge < -0.3 is 9.84 Å². The summed E-state index contributed by atoms with van der Waals surface area (Å²) in [6.45, 7) is 11.8. The third-order valence-electron chi connectivity index (χ3n) is 4.77. The summed E-state index contributed by atoms with van der Waals surface area (Å²) in [4.78, 5) is 0. The number of benzene rings is 2. The van der Waals surface area contributed by atoms with Gasteiger partial charge in [-0.3, -0.25) is 0 Å². The van der Waals surface area contributed by atoms with Crippen LogP contribution in [0.4, 0.5) is 0 Å². The number of aliphatic hydroxyl groups excluding tert-OH is 1. The van der Waals surface area contributed by atoms with Gasteiger partial charge in [0.05, 0.1) is 0 Å². The SMILES string of the molecule is CC(C)[C@@H](CO)Cc1ccc(C(C)(C)C)c(OCc2ccccc2)c1. The van der Waals surface area contributed by atoms with Crippen LogP contribution >= 0.6 is 0 Å². The predicted molar refractivity (Wildman–Crippen MR) is 105 cm³/mol. The fourth-order valence-electron chi connectivity index (χ4n) is 2.98. The molecule has 0 aliphatic rings. The van der Waals surface area contributed by atoms with Crippen molar-refractivity contribution in [3.8, 4) is 5.75 Å². The van der Waals surface area contributed by atoms with Crippen LogP contribution in [0.1, 0.15) is 51.3 Å². The van der Waals surface area contributed by atoms with E-state index in [0.29, 0.717) is 12.5 Å². The smallest absolute Gasteiger partial charge is 0.123 e. The van der Waals surface area contributed by atoms with Crippen molar-refractivity contribution < 1.29 is 9.84 Å². The average molecular weight is 341 g/mol. The van der Waals surface area contributed by atoms with Crippen LogP contribution in [-0.4, -0.2) is 11.7 Å². The first-order chi connectivity index (χ1) is 11.8. The van der Waals surface area contributed by atoms with Gasteiger partial charge in [0.15, 0.2) is 0 Å². The highest BCUT2D eigenvalue weighted by Crippen LogP contribution is 2.33. The van der Waals surface area contributed by atoms with E-state index in [0.717, 1.165) is 12.2 Å². The first-order valence-electron chi connectivity index (χ1n) is 9.22. The maximum Gasteiger partial charge on any atom is 0.123 e. The largest absolute Gasteiger partial charge is 0.489 e. The Morgan fingerprint density at radius 2 is 1.64 bits per heavy atom. The Bertz CT molecular complexity index is 654. The second kappa shape index (κ2) is 8.53. The Labute approximate surface area is 152 Å². The van der Waals surface area contributed by atoms with E-state index in [1.807, 2.05) is 18.2 Å². The molecule has 0 aliphatic carbocycles. The second-order valence-electron chi connectivity index (χ2n) is 8.25. The summed E-state index contributed by atoms with van der Waals surface area (Å²) >= 11 is 0. The van der Waals surface area contributed by atoms with Crippen LogP contribution in [0, 0.1) is 11.8 Å². The van der Waals surface area contributed by atoms with Gasteiger partial charge in [-0.2, -0.15) is 0 Å². The molecule has 2 aromatic rings. The molecule has 2 nitrogen and oxygen atoms in total. The summed E-state index contributed by atoms with van der Waals surface area (Å²) in [5, 5.41) is 9.63. The van der Waals surface area contributed by atoms with Crippen LogP contribution in [0.2, 0.25) is 0 Å². The Morgan fingerprint density at radius 3 is 2.20 bits per heavy atom. The fraction of sp³-hybridized carbons (Fsp3) is 0.478. The summed E-state index contributed by atoms with van der Waals surface area (Å²) in [6.07, 6.45) is 0.875. The van der Waals surface area contributed by atoms with E-state index in [-0.39, 0.29) is 17.9 Å². The molecule has 0 fully saturated rings. The lowest BCUT2D eigenvalue weighted by atomic mass is 9.84. The Kier molecular flexibility index (Phi) is 6.66. The quantitative estimate of drug-likeness (QED) is 0.734. The standard InChI is InChI=1S/C23H32O2/c1-17(2)20(15-24)13-19-11-12-21(23(3,4)5)22(14-19)25-16-18-9-7-6-8-10-18/h6-12,14,17,20,24H,13,15-16H2,1-5H3/t20-/m1/s1. The van der Waals surface area contributed by atoms with Crippen molar-refractivity contribution in [3.63, 3.8) is 0 Å². The van der Waals surface area contributed by atoms with Gasteiger partial charge >= 0.3 is 0 Å². The van der Waals surface area contributed by atoms with Crippen LogP contribution in [0.3, 0.4) is 0 Å². The highest BCUT2D eigenvalue weighted by molar-refractivity contribution is 5.42. The highest BCUT2D eigenvalue weighted by atomic mass is 16.5. The minimum Gasteiger partial charge on any atom is -0.489 e. The molecule has 25 heavy (non-hydrogen) atoms. The molecule has 0 aliphatic heterocycles. The number of hydrogen-bond acceptors (Lipinski definition) is 2. The normalized spacial score (nSPS) is 13.1. The van der Waals surface area contributed by atoms with Gasteiger partial charge in [-0.1, -0.05) is 77.1 Å². The summed E-state index contributed by atoms with van der Waals surface area (Å²) in [7, 11) is 0. The van der Waals surface area contributed by atoms with Crippen LogP contribution in [0.15, 0.2) is 48.5 Å². The van der Waals surface area contributed by atoms with Crippen molar-refractivity contribution in [1.82, 2.24) is 0 Å². The lowest BCUT2D eigenvalue weighted by Gasteiger charge is -2.25.